The lowest BCUT2D eigenvalue weighted by atomic mass is 9.98. The van der Waals surface area contributed by atoms with Gasteiger partial charge in [-0.25, -0.2) is 4.79 Å². The molecule has 0 heterocycles. The smallest absolute Gasteiger partial charge is 0.339 e. The number of aryl methyl sites for hydroxylation is 1. The van der Waals surface area contributed by atoms with Crippen molar-refractivity contribution in [2.24, 2.45) is 0 Å². The molecule has 5 nitrogen and oxygen atoms in total. The molecule has 0 saturated heterocycles. The van der Waals surface area contributed by atoms with Gasteiger partial charge in [0.1, 0.15) is 0 Å². The predicted molar refractivity (Wildman–Crippen MR) is 108 cm³/mol. The average molecular weight is 381 g/mol. The molecule has 0 aromatic heterocycles. The van der Waals surface area contributed by atoms with Gasteiger partial charge in [-0.15, -0.1) is 0 Å². The summed E-state index contributed by atoms with van der Waals surface area (Å²) in [6.07, 6.45) is 0. The van der Waals surface area contributed by atoms with Gasteiger partial charge in [-0.05, 0) is 40.7 Å². The number of hydrogen-bond donors (Lipinski definition) is 0. The molecule has 0 N–H and O–H groups in total. The van der Waals surface area contributed by atoms with Crippen LogP contribution < -0.4 is 0 Å². The van der Waals surface area contributed by atoms with Gasteiger partial charge >= 0.3 is 5.97 Å². The SMILES string of the molecule is Cc1ccc(C(=O)c2ccccc2C(=O)OCC(=O)N(C(C)C)C(C)C)cc1. The van der Waals surface area contributed by atoms with Gasteiger partial charge < -0.3 is 9.64 Å². The third-order valence-corrected chi connectivity index (χ3v) is 4.43. The lowest BCUT2D eigenvalue weighted by Crippen LogP contribution is -2.44. The van der Waals surface area contributed by atoms with Crippen molar-refractivity contribution in [2.45, 2.75) is 46.7 Å². The highest BCUT2D eigenvalue weighted by atomic mass is 16.5. The van der Waals surface area contributed by atoms with E-state index in [1.54, 1.807) is 35.2 Å². The molecule has 0 aliphatic rings. The monoisotopic (exact) mass is 381 g/mol. The molecular formula is C23H27NO4. The van der Waals surface area contributed by atoms with E-state index < -0.39 is 5.97 Å². The fourth-order valence-electron chi connectivity index (χ4n) is 3.17. The molecule has 148 valence electrons. The molecule has 1 amide bonds. The van der Waals surface area contributed by atoms with Crippen molar-refractivity contribution in [1.82, 2.24) is 4.90 Å². The highest BCUT2D eigenvalue weighted by Gasteiger charge is 2.23. The standard InChI is InChI=1S/C23H27NO4/c1-15(2)24(16(3)4)21(25)14-28-23(27)20-9-7-6-8-19(20)22(26)18-12-10-17(5)11-13-18/h6-13,15-16H,14H2,1-5H3. The molecule has 2 aromatic rings. The van der Waals surface area contributed by atoms with Gasteiger partial charge in [0.2, 0.25) is 0 Å². The first-order valence-corrected chi connectivity index (χ1v) is 9.41. The number of rotatable bonds is 7. The quantitative estimate of drug-likeness (QED) is 0.537. The van der Waals surface area contributed by atoms with E-state index >= 15 is 0 Å². The van der Waals surface area contributed by atoms with E-state index in [9.17, 15) is 14.4 Å². The number of esters is 1. The molecule has 5 heteroatoms. The van der Waals surface area contributed by atoms with Crippen molar-refractivity contribution in [3.05, 3.63) is 70.8 Å². The van der Waals surface area contributed by atoms with Gasteiger partial charge in [-0.3, -0.25) is 9.59 Å². The van der Waals surface area contributed by atoms with Crippen molar-refractivity contribution in [3.63, 3.8) is 0 Å². The van der Waals surface area contributed by atoms with Crippen LogP contribution in [0.2, 0.25) is 0 Å². The average Bonchev–Trinajstić information content (AvgIpc) is 2.65. The summed E-state index contributed by atoms with van der Waals surface area (Å²) in [6.45, 7) is 9.23. The fraction of sp³-hybridized carbons (Fsp3) is 0.348. The van der Waals surface area contributed by atoms with Gasteiger partial charge in [0.25, 0.3) is 5.91 Å². The minimum atomic E-state index is -0.683. The number of nitrogens with zero attached hydrogens (tertiary/aromatic N) is 1. The molecular weight excluding hydrogens is 354 g/mol. The third kappa shape index (κ3) is 5.06. The van der Waals surface area contributed by atoms with Crippen LogP contribution >= 0.6 is 0 Å². The largest absolute Gasteiger partial charge is 0.452 e. The summed E-state index contributed by atoms with van der Waals surface area (Å²) in [6, 6.07) is 13.6. The zero-order chi connectivity index (χ0) is 20.8. The Morgan fingerprint density at radius 2 is 1.39 bits per heavy atom. The maximum Gasteiger partial charge on any atom is 0.339 e. The molecule has 0 saturated carbocycles. The predicted octanol–water partition coefficient (Wildman–Crippen LogP) is 4.03. The highest BCUT2D eigenvalue weighted by Crippen LogP contribution is 2.17. The van der Waals surface area contributed by atoms with Crippen molar-refractivity contribution >= 4 is 17.7 Å². The van der Waals surface area contributed by atoms with Gasteiger partial charge in [-0.1, -0.05) is 48.0 Å². The minimum absolute atomic E-state index is 0.00148. The van der Waals surface area contributed by atoms with Crippen LogP contribution in [0.5, 0.6) is 0 Å². The van der Waals surface area contributed by atoms with E-state index in [1.165, 1.54) is 6.07 Å². The summed E-state index contributed by atoms with van der Waals surface area (Å²) in [5.41, 5.74) is 1.95. The van der Waals surface area contributed by atoms with Crippen LogP contribution in [0.25, 0.3) is 0 Å². The number of carbonyl (C=O) groups excluding carboxylic acids is 3. The maximum absolute atomic E-state index is 12.8. The zero-order valence-electron chi connectivity index (χ0n) is 17.1. The molecule has 0 fully saturated rings. The minimum Gasteiger partial charge on any atom is -0.452 e. The van der Waals surface area contributed by atoms with Gasteiger partial charge in [0.15, 0.2) is 12.4 Å². The number of benzene rings is 2. The van der Waals surface area contributed by atoms with Crippen molar-refractivity contribution in [1.29, 1.82) is 0 Å². The first-order chi connectivity index (χ1) is 13.2. The van der Waals surface area contributed by atoms with Gasteiger partial charge in [0, 0.05) is 23.2 Å². The number of carbonyl (C=O) groups is 3. The Morgan fingerprint density at radius 1 is 0.857 bits per heavy atom. The van der Waals surface area contributed by atoms with Crippen LogP contribution in [0.1, 0.15) is 59.5 Å². The Balaban J connectivity index is 2.17. The van der Waals surface area contributed by atoms with Crippen molar-refractivity contribution in [3.8, 4) is 0 Å². The fourth-order valence-corrected chi connectivity index (χ4v) is 3.17. The molecule has 2 rings (SSSR count). The molecule has 0 radical (unpaired) electrons. The molecule has 0 spiro atoms. The third-order valence-electron chi connectivity index (χ3n) is 4.43. The van der Waals surface area contributed by atoms with Gasteiger partial charge in [-0.2, -0.15) is 0 Å². The summed E-state index contributed by atoms with van der Waals surface area (Å²) in [4.78, 5) is 39.5. The Labute approximate surface area is 166 Å². The van der Waals surface area contributed by atoms with Crippen LogP contribution in [0.3, 0.4) is 0 Å². The van der Waals surface area contributed by atoms with E-state index in [-0.39, 0.29) is 41.5 Å². The Kier molecular flexibility index (Phi) is 7.10. The first-order valence-electron chi connectivity index (χ1n) is 9.41. The maximum atomic E-state index is 12.8. The van der Waals surface area contributed by atoms with Crippen molar-refractivity contribution in [2.75, 3.05) is 6.61 Å². The van der Waals surface area contributed by atoms with E-state index in [0.717, 1.165) is 5.56 Å². The lowest BCUT2D eigenvalue weighted by Gasteiger charge is -2.30. The normalized spacial score (nSPS) is 10.8. The summed E-state index contributed by atoms with van der Waals surface area (Å²) in [5, 5.41) is 0. The van der Waals surface area contributed by atoms with Crippen LogP contribution in [-0.4, -0.2) is 41.3 Å². The Hall–Kier alpha value is -2.95. The molecule has 2 aromatic carbocycles. The van der Waals surface area contributed by atoms with E-state index in [2.05, 4.69) is 0 Å². The molecule has 0 atom stereocenters. The van der Waals surface area contributed by atoms with Crippen LogP contribution in [0.15, 0.2) is 48.5 Å². The summed E-state index contributed by atoms with van der Waals surface area (Å²) in [5.74, 6) is -1.21. The second kappa shape index (κ2) is 9.31. The molecule has 0 aliphatic heterocycles. The van der Waals surface area contributed by atoms with Crippen LogP contribution in [0.4, 0.5) is 0 Å². The molecule has 0 unspecified atom stereocenters. The van der Waals surface area contributed by atoms with Crippen LogP contribution in [-0.2, 0) is 9.53 Å². The summed E-state index contributed by atoms with van der Waals surface area (Å²) < 4.78 is 5.23. The van der Waals surface area contributed by atoms with Crippen molar-refractivity contribution < 1.29 is 19.1 Å². The second-order valence-corrected chi connectivity index (χ2v) is 7.31. The van der Waals surface area contributed by atoms with E-state index in [4.69, 9.17) is 4.74 Å². The summed E-state index contributed by atoms with van der Waals surface area (Å²) in [7, 11) is 0. The number of hydrogen-bond acceptors (Lipinski definition) is 4. The van der Waals surface area contributed by atoms with Crippen LogP contribution in [0, 0.1) is 6.92 Å². The Bertz CT molecular complexity index is 845. The van der Waals surface area contributed by atoms with E-state index in [1.807, 2.05) is 46.8 Å². The van der Waals surface area contributed by atoms with Gasteiger partial charge in [0.05, 0.1) is 5.56 Å². The number of ether oxygens (including phenoxy) is 1. The zero-order valence-corrected chi connectivity index (χ0v) is 17.1. The lowest BCUT2D eigenvalue weighted by molar-refractivity contribution is -0.138. The molecule has 0 aliphatic carbocycles. The highest BCUT2D eigenvalue weighted by molar-refractivity contribution is 6.14. The molecule has 28 heavy (non-hydrogen) atoms. The topological polar surface area (TPSA) is 63.7 Å². The molecule has 0 bridgehead atoms. The number of amides is 1. The number of ketones is 1. The Morgan fingerprint density at radius 3 is 1.93 bits per heavy atom. The first kappa shape index (κ1) is 21.4. The van der Waals surface area contributed by atoms with E-state index in [0.29, 0.717) is 5.56 Å². The summed E-state index contributed by atoms with van der Waals surface area (Å²) >= 11 is 0. The second-order valence-electron chi connectivity index (χ2n) is 7.31.